The van der Waals surface area contributed by atoms with E-state index in [2.05, 4.69) is 33.7 Å². The SMILES string of the molecule is CCc1cc(CC(NN)c2ccnnc2)n(C)n1. The lowest BCUT2D eigenvalue weighted by molar-refractivity contribution is 0.527. The number of hydrogen-bond acceptors (Lipinski definition) is 5. The summed E-state index contributed by atoms with van der Waals surface area (Å²) in [6.45, 7) is 2.09. The molecule has 96 valence electrons. The molecule has 3 N–H and O–H groups in total. The Balaban J connectivity index is 2.18. The standard InChI is InChI=1S/C12H18N6/c1-3-10-6-11(18(2)17-10)7-12(16-13)9-4-5-14-15-8-9/h4-6,8,12,16H,3,7,13H2,1-2H3. The van der Waals surface area contributed by atoms with Crippen LogP contribution in [0.2, 0.25) is 0 Å². The number of rotatable bonds is 5. The molecule has 0 aliphatic rings. The maximum absolute atomic E-state index is 5.61. The summed E-state index contributed by atoms with van der Waals surface area (Å²) in [7, 11) is 1.95. The van der Waals surface area contributed by atoms with Crippen molar-refractivity contribution < 1.29 is 0 Å². The zero-order valence-electron chi connectivity index (χ0n) is 10.7. The van der Waals surface area contributed by atoms with E-state index in [0.717, 1.165) is 29.8 Å². The molecule has 0 saturated carbocycles. The summed E-state index contributed by atoms with van der Waals surface area (Å²) in [6.07, 6.45) is 5.10. The van der Waals surface area contributed by atoms with Crippen LogP contribution in [0.15, 0.2) is 24.5 Å². The van der Waals surface area contributed by atoms with Crippen molar-refractivity contribution in [1.82, 2.24) is 25.4 Å². The van der Waals surface area contributed by atoms with Gasteiger partial charge in [0.1, 0.15) is 0 Å². The second-order valence-corrected chi connectivity index (χ2v) is 4.20. The Hall–Kier alpha value is -1.79. The minimum atomic E-state index is 0.0145. The maximum atomic E-state index is 5.61. The van der Waals surface area contributed by atoms with Crippen LogP contribution in [0.5, 0.6) is 0 Å². The number of hydrogen-bond donors (Lipinski definition) is 2. The first-order valence-electron chi connectivity index (χ1n) is 5.99. The molecule has 0 bridgehead atoms. The Morgan fingerprint density at radius 2 is 2.28 bits per heavy atom. The predicted octanol–water partition coefficient (Wildman–Crippen LogP) is 0.520. The Bertz CT molecular complexity index is 493. The zero-order valence-corrected chi connectivity index (χ0v) is 10.7. The molecule has 1 unspecified atom stereocenters. The van der Waals surface area contributed by atoms with Gasteiger partial charge < -0.3 is 0 Å². The Morgan fingerprint density at radius 3 is 2.83 bits per heavy atom. The second kappa shape index (κ2) is 5.70. The highest BCUT2D eigenvalue weighted by Gasteiger charge is 2.14. The summed E-state index contributed by atoms with van der Waals surface area (Å²) < 4.78 is 1.90. The minimum absolute atomic E-state index is 0.0145. The van der Waals surface area contributed by atoms with Crippen molar-refractivity contribution >= 4 is 0 Å². The number of aryl methyl sites for hydroxylation is 2. The van der Waals surface area contributed by atoms with E-state index in [1.807, 2.05) is 17.8 Å². The molecule has 2 aromatic heterocycles. The van der Waals surface area contributed by atoms with Crippen LogP contribution >= 0.6 is 0 Å². The van der Waals surface area contributed by atoms with Crippen molar-refractivity contribution in [2.24, 2.45) is 12.9 Å². The van der Waals surface area contributed by atoms with Crippen molar-refractivity contribution in [3.63, 3.8) is 0 Å². The van der Waals surface area contributed by atoms with Gasteiger partial charge in [-0.3, -0.25) is 16.0 Å². The molecule has 2 aromatic rings. The van der Waals surface area contributed by atoms with Gasteiger partial charge in [-0.2, -0.15) is 15.3 Å². The number of nitrogens with two attached hydrogens (primary N) is 1. The highest BCUT2D eigenvalue weighted by Crippen LogP contribution is 2.17. The molecule has 1 atom stereocenters. The van der Waals surface area contributed by atoms with Crippen molar-refractivity contribution in [2.75, 3.05) is 0 Å². The van der Waals surface area contributed by atoms with Crippen molar-refractivity contribution in [2.45, 2.75) is 25.8 Å². The van der Waals surface area contributed by atoms with Crippen molar-refractivity contribution in [1.29, 1.82) is 0 Å². The van der Waals surface area contributed by atoms with Crippen LogP contribution in [-0.2, 0) is 19.9 Å². The Morgan fingerprint density at radius 1 is 1.44 bits per heavy atom. The van der Waals surface area contributed by atoms with Gasteiger partial charge in [-0.1, -0.05) is 6.92 Å². The molecule has 0 radical (unpaired) electrons. The monoisotopic (exact) mass is 246 g/mol. The average Bonchev–Trinajstić information content (AvgIpc) is 2.77. The van der Waals surface area contributed by atoms with Gasteiger partial charge in [0, 0.05) is 25.4 Å². The highest BCUT2D eigenvalue weighted by molar-refractivity contribution is 5.17. The van der Waals surface area contributed by atoms with Crippen LogP contribution in [0.1, 0.15) is 29.9 Å². The van der Waals surface area contributed by atoms with E-state index >= 15 is 0 Å². The molecule has 2 rings (SSSR count). The fourth-order valence-electron chi connectivity index (χ4n) is 1.92. The normalized spacial score (nSPS) is 12.6. The third-order valence-electron chi connectivity index (χ3n) is 3.01. The zero-order chi connectivity index (χ0) is 13.0. The van der Waals surface area contributed by atoms with Gasteiger partial charge in [0.2, 0.25) is 0 Å². The first-order valence-corrected chi connectivity index (χ1v) is 5.99. The summed E-state index contributed by atoms with van der Waals surface area (Å²) in [4.78, 5) is 0. The largest absolute Gasteiger partial charge is 0.272 e. The summed E-state index contributed by atoms with van der Waals surface area (Å²) in [5.41, 5.74) is 6.07. The Labute approximate surface area is 106 Å². The van der Waals surface area contributed by atoms with Crippen molar-refractivity contribution in [3.8, 4) is 0 Å². The molecule has 18 heavy (non-hydrogen) atoms. The van der Waals surface area contributed by atoms with E-state index < -0.39 is 0 Å². The van der Waals surface area contributed by atoms with E-state index in [4.69, 9.17) is 5.84 Å². The van der Waals surface area contributed by atoms with E-state index in [1.54, 1.807) is 12.4 Å². The summed E-state index contributed by atoms with van der Waals surface area (Å²) in [6, 6.07) is 4.04. The smallest absolute Gasteiger partial charge is 0.0624 e. The molecular weight excluding hydrogens is 228 g/mol. The van der Waals surface area contributed by atoms with E-state index in [-0.39, 0.29) is 6.04 Å². The molecule has 2 heterocycles. The molecule has 0 aliphatic heterocycles. The summed E-state index contributed by atoms with van der Waals surface area (Å²) in [5, 5.41) is 12.1. The summed E-state index contributed by atoms with van der Waals surface area (Å²) >= 11 is 0. The molecule has 0 saturated heterocycles. The third kappa shape index (κ3) is 2.72. The van der Waals surface area contributed by atoms with Crippen LogP contribution in [0, 0.1) is 0 Å². The molecule has 0 aliphatic carbocycles. The number of aromatic nitrogens is 4. The maximum Gasteiger partial charge on any atom is 0.0624 e. The van der Waals surface area contributed by atoms with E-state index in [1.165, 1.54) is 0 Å². The fourth-order valence-corrected chi connectivity index (χ4v) is 1.92. The Kier molecular flexibility index (Phi) is 4.01. The van der Waals surface area contributed by atoms with E-state index in [0.29, 0.717) is 0 Å². The van der Waals surface area contributed by atoms with Gasteiger partial charge in [-0.05, 0) is 24.1 Å². The quantitative estimate of drug-likeness (QED) is 0.593. The number of nitrogens with zero attached hydrogens (tertiary/aromatic N) is 4. The molecule has 0 spiro atoms. The molecule has 0 fully saturated rings. The van der Waals surface area contributed by atoms with Gasteiger partial charge >= 0.3 is 0 Å². The summed E-state index contributed by atoms with van der Waals surface area (Å²) in [5.74, 6) is 5.61. The van der Waals surface area contributed by atoms with Crippen molar-refractivity contribution in [3.05, 3.63) is 41.5 Å². The molecule has 6 heteroatoms. The third-order valence-corrected chi connectivity index (χ3v) is 3.01. The minimum Gasteiger partial charge on any atom is -0.272 e. The first kappa shape index (κ1) is 12.7. The lowest BCUT2D eigenvalue weighted by Gasteiger charge is -2.15. The highest BCUT2D eigenvalue weighted by atomic mass is 15.3. The lowest BCUT2D eigenvalue weighted by Crippen LogP contribution is -2.30. The van der Waals surface area contributed by atoms with Gasteiger partial charge in [0.25, 0.3) is 0 Å². The van der Waals surface area contributed by atoms with Gasteiger partial charge in [0.05, 0.1) is 17.9 Å². The average molecular weight is 246 g/mol. The lowest BCUT2D eigenvalue weighted by atomic mass is 10.0. The number of hydrazine groups is 1. The van der Waals surface area contributed by atoms with E-state index in [9.17, 15) is 0 Å². The molecular formula is C12H18N6. The van der Waals surface area contributed by atoms with Crippen LogP contribution in [-0.4, -0.2) is 20.0 Å². The molecule has 6 nitrogen and oxygen atoms in total. The first-order chi connectivity index (χ1) is 8.74. The molecule has 0 amide bonds. The van der Waals surface area contributed by atoms with Gasteiger partial charge in [-0.25, -0.2) is 0 Å². The topological polar surface area (TPSA) is 81.6 Å². The second-order valence-electron chi connectivity index (χ2n) is 4.20. The van der Waals surface area contributed by atoms with Crippen LogP contribution in [0.3, 0.4) is 0 Å². The predicted molar refractivity (Wildman–Crippen MR) is 68.4 cm³/mol. The van der Waals surface area contributed by atoms with Gasteiger partial charge in [0.15, 0.2) is 0 Å². The fraction of sp³-hybridized carbons (Fsp3) is 0.417. The van der Waals surface area contributed by atoms with Gasteiger partial charge in [-0.15, -0.1) is 0 Å². The van der Waals surface area contributed by atoms with Crippen LogP contribution < -0.4 is 11.3 Å². The van der Waals surface area contributed by atoms with Crippen LogP contribution in [0.4, 0.5) is 0 Å². The molecule has 0 aromatic carbocycles. The van der Waals surface area contributed by atoms with Crippen LogP contribution in [0.25, 0.3) is 0 Å². The number of nitrogens with one attached hydrogen (secondary N) is 1.